The van der Waals surface area contributed by atoms with E-state index in [1.54, 1.807) is 21.3 Å². The van der Waals surface area contributed by atoms with E-state index in [0.717, 1.165) is 53.2 Å². The SMILES string of the molecule is CN=C(NCc1cccc(Cl)c1)NC1CCN(c2cc(OC)cc(OC)c2)C1.I. The zero-order chi connectivity index (χ0) is 19.9. The normalized spacial score (nSPS) is 16.2. The minimum Gasteiger partial charge on any atom is -0.497 e. The maximum absolute atomic E-state index is 6.05. The minimum atomic E-state index is 0. The Labute approximate surface area is 194 Å². The van der Waals surface area contributed by atoms with E-state index in [4.69, 9.17) is 21.1 Å². The van der Waals surface area contributed by atoms with Gasteiger partial charge in [-0.15, -0.1) is 24.0 Å². The largest absolute Gasteiger partial charge is 0.497 e. The lowest BCUT2D eigenvalue weighted by Gasteiger charge is -2.21. The zero-order valence-electron chi connectivity index (χ0n) is 16.9. The van der Waals surface area contributed by atoms with Gasteiger partial charge < -0.3 is 25.0 Å². The van der Waals surface area contributed by atoms with Crippen LogP contribution in [0.5, 0.6) is 11.5 Å². The van der Waals surface area contributed by atoms with Gasteiger partial charge in [0.25, 0.3) is 0 Å². The molecule has 0 aliphatic carbocycles. The highest BCUT2D eigenvalue weighted by Crippen LogP contribution is 2.30. The Hall–Kier alpha value is -1.87. The third kappa shape index (κ3) is 6.57. The first-order valence-electron chi connectivity index (χ1n) is 9.31. The quantitative estimate of drug-likeness (QED) is 0.337. The summed E-state index contributed by atoms with van der Waals surface area (Å²) in [5.74, 6) is 2.38. The summed E-state index contributed by atoms with van der Waals surface area (Å²) in [5.41, 5.74) is 2.22. The van der Waals surface area contributed by atoms with Crippen LogP contribution in [0, 0.1) is 0 Å². The van der Waals surface area contributed by atoms with Gasteiger partial charge in [-0.25, -0.2) is 0 Å². The molecule has 3 rings (SSSR count). The molecule has 0 amide bonds. The second kappa shape index (κ2) is 11.3. The first-order chi connectivity index (χ1) is 13.6. The lowest BCUT2D eigenvalue weighted by Crippen LogP contribution is -2.44. The van der Waals surface area contributed by atoms with Crippen molar-refractivity contribution >= 4 is 47.2 Å². The van der Waals surface area contributed by atoms with Crippen LogP contribution in [0.2, 0.25) is 5.02 Å². The molecule has 1 aliphatic rings. The van der Waals surface area contributed by atoms with Gasteiger partial charge in [0.05, 0.1) is 14.2 Å². The first-order valence-corrected chi connectivity index (χ1v) is 9.68. The number of guanidine groups is 1. The number of hydrogen-bond donors (Lipinski definition) is 2. The number of rotatable bonds is 6. The van der Waals surface area contributed by atoms with Crippen molar-refractivity contribution in [1.29, 1.82) is 0 Å². The van der Waals surface area contributed by atoms with Crippen LogP contribution >= 0.6 is 35.6 Å². The minimum absolute atomic E-state index is 0. The Morgan fingerprint density at radius 2 is 1.90 bits per heavy atom. The van der Waals surface area contributed by atoms with Crippen molar-refractivity contribution in [2.24, 2.45) is 4.99 Å². The molecule has 2 N–H and O–H groups in total. The van der Waals surface area contributed by atoms with Crippen molar-refractivity contribution in [3.05, 3.63) is 53.1 Å². The van der Waals surface area contributed by atoms with E-state index >= 15 is 0 Å². The van der Waals surface area contributed by atoms with E-state index in [1.807, 2.05) is 42.5 Å². The smallest absolute Gasteiger partial charge is 0.191 e. The molecule has 1 unspecified atom stereocenters. The topological polar surface area (TPSA) is 58.1 Å². The van der Waals surface area contributed by atoms with Crippen LogP contribution in [-0.2, 0) is 6.54 Å². The van der Waals surface area contributed by atoms with Crippen molar-refractivity contribution in [3.8, 4) is 11.5 Å². The van der Waals surface area contributed by atoms with Crippen molar-refractivity contribution in [2.75, 3.05) is 39.3 Å². The number of ether oxygens (including phenoxy) is 2. The fraction of sp³-hybridized carbons (Fsp3) is 0.381. The van der Waals surface area contributed by atoms with Crippen LogP contribution in [0.3, 0.4) is 0 Å². The Morgan fingerprint density at radius 3 is 2.52 bits per heavy atom. The molecule has 1 heterocycles. The summed E-state index contributed by atoms with van der Waals surface area (Å²) < 4.78 is 10.8. The van der Waals surface area contributed by atoms with Crippen LogP contribution in [-0.4, -0.2) is 46.4 Å². The van der Waals surface area contributed by atoms with E-state index in [1.165, 1.54) is 0 Å². The van der Waals surface area contributed by atoms with Crippen molar-refractivity contribution in [1.82, 2.24) is 10.6 Å². The van der Waals surface area contributed by atoms with Gasteiger partial charge in [-0.3, -0.25) is 4.99 Å². The van der Waals surface area contributed by atoms with Crippen molar-refractivity contribution in [2.45, 2.75) is 19.0 Å². The second-order valence-electron chi connectivity index (χ2n) is 6.70. The summed E-state index contributed by atoms with van der Waals surface area (Å²) in [6.45, 7) is 2.51. The standard InChI is InChI=1S/C21H27ClN4O2.HI/c1-23-21(24-13-15-5-4-6-16(22)9-15)25-17-7-8-26(14-17)18-10-19(27-2)12-20(11-18)28-3;/h4-6,9-12,17H,7-8,13-14H2,1-3H3,(H2,23,24,25);1H. The lowest BCUT2D eigenvalue weighted by atomic mass is 10.2. The number of nitrogens with zero attached hydrogens (tertiary/aromatic N) is 2. The molecule has 0 saturated carbocycles. The number of aliphatic imine (C=N–C) groups is 1. The molecule has 0 aromatic heterocycles. The Morgan fingerprint density at radius 1 is 1.17 bits per heavy atom. The maximum Gasteiger partial charge on any atom is 0.191 e. The van der Waals surface area contributed by atoms with E-state index < -0.39 is 0 Å². The number of hydrogen-bond acceptors (Lipinski definition) is 4. The van der Waals surface area contributed by atoms with Crippen LogP contribution in [0.25, 0.3) is 0 Å². The van der Waals surface area contributed by atoms with Gasteiger partial charge in [0.1, 0.15) is 11.5 Å². The van der Waals surface area contributed by atoms with Gasteiger partial charge in [-0.2, -0.15) is 0 Å². The summed E-state index contributed by atoms with van der Waals surface area (Å²) in [6.07, 6.45) is 1.03. The molecule has 0 spiro atoms. The molecule has 0 radical (unpaired) electrons. The molecule has 158 valence electrons. The fourth-order valence-electron chi connectivity index (χ4n) is 3.31. The molecule has 1 aliphatic heterocycles. The van der Waals surface area contributed by atoms with Gasteiger partial charge >= 0.3 is 0 Å². The van der Waals surface area contributed by atoms with Gasteiger partial charge in [0.15, 0.2) is 5.96 Å². The Kier molecular flexibility index (Phi) is 9.16. The molecule has 1 saturated heterocycles. The van der Waals surface area contributed by atoms with Crippen molar-refractivity contribution < 1.29 is 9.47 Å². The van der Waals surface area contributed by atoms with E-state index in [9.17, 15) is 0 Å². The van der Waals surface area contributed by atoms with Crippen LogP contribution < -0.4 is 25.0 Å². The molecule has 2 aromatic carbocycles. The van der Waals surface area contributed by atoms with E-state index in [0.29, 0.717) is 12.6 Å². The molecular weight excluding hydrogens is 503 g/mol. The fourth-order valence-corrected chi connectivity index (χ4v) is 3.52. The Balaban J connectivity index is 0.00000300. The summed E-state index contributed by atoms with van der Waals surface area (Å²) in [7, 11) is 5.12. The number of benzene rings is 2. The number of methoxy groups -OCH3 is 2. The van der Waals surface area contributed by atoms with Crippen LogP contribution in [0.4, 0.5) is 5.69 Å². The highest BCUT2D eigenvalue weighted by Gasteiger charge is 2.24. The van der Waals surface area contributed by atoms with Crippen molar-refractivity contribution in [3.63, 3.8) is 0 Å². The van der Waals surface area contributed by atoms with E-state index in [-0.39, 0.29) is 24.0 Å². The van der Waals surface area contributed by atoms with Gasteiger partial charge in [-0.05, 0) is 24.1 Å². The summed E-state index contributed by atoms with van der Waals surface area (Å²) in [6, 6.07) is 14.1. The predicted octanol–water partition coefficient (Wildman–Crippen LogP) is 3.92. The average molecular weight is 531 g/mol. The maximum atomic E-state index is 6.05. The number of anilines is 1. The lowest BCUT2D eigenvalue weighted by molar-refractivity contribution is 0.394. The molecule has 2 aromatic rings. The molecule has 0 bridgehead atoms. The second-order valence-corrected chi connectivity index (χ2v) is 7.14. The molecule has 29 heavy (non-hydrogen) atoms. The first kappa shape index (κ1) is 23.4. The highest BCUT2D eigenvalue weighted by molar-refractivity contribution is 14.0. The summed E-state index contributed by atoms with van der Waals surface area (Å²) >= 11 is 6.05. The molecule has 6 nitrogen and oxygen atoms in total. The number of nitrogens with one attached hydrogen (secondary N) is 2. The third-order valence-corrected chi connectivity index (χ3v) is 5.04. The summed E-state index contributed by atoms with van der Waals surface area (Å²) in [4.78, 5) is 6.67. The predicted molar refractivity (Wildman–Crippen MR) is 130 cm³/mol. The van der Waals surface area contributed by atoms with Crippen LogP contribution in [0.15, 0.2) is 47.5 Å². The van der Waals surface area contributed by atoms with Gasteiger partial charge in [-0.1, -0.05) is 23.7 Å². The molecule has 8 heteroatoms. The summed E-state index contributed by atoms with van der Waals surface area (Å²) in [5, 5.41) is 7.60. The molecule has 1 fully saturated rings. The third-order valence-electron chi connectivity index (χ3n) is 4.80. The highest BCUT2D eigenvalue weighted by atomic mass is 127. The van der Waals surface area contributed by atoms with E-state index in [2.05, 4.69) is 20.5 Å². The monoisotopic (exact) mass is 530 g/mol. The zero-order valence-corrected chi connectivity index (χ0v) is 20.0. The average Bonchev–Trinajstić information content (AvgIpc) is 3.19. The van der Waals surface area contributed by atoms with Gasteiger partial charge in [0.2, 0.25) is 0 Å². The Bertz CT molecular complexity index is 812. The van der Waals surface area contributed by atoms with Crippen LogP contribution in [0.1, 0.15) is 12.0 Å². The molecule has 1 atom stereocenters. The molecular formula is C21H28ClIN4O2. The van der Waals surface area contributed by atoms with Gasteiger partial charge in [0, 0.05) is 61.6 Å². The number of halogens is 2.